The van der Waals surface area contributed by atoms with Crippen LogP contribution in [0, 0.1) is 5.92 Å². The van der Waals surface area contributed by atoms with Gasteiger partial charge >= 0.3 is 0 Å². The Bertz CT molecular complexity index is 706. The molecule has 0 radical (unpaired) electrons. The summed E-state index contributed by atoms with van der Waals surface area (Å²) in [7, 11) is -3.03. The molecular weight excluding hydrogens is 348 g/mol. The number of rotatable bonds is 6. The van der Waals surface area contributed by atoms with Gasteiger partial charge in [0.1, 0.15) is 0 Å². The summed E-state index contributed by atoms with van der Waals surface area (Å²) in [6.45, 7) is 6.53. The number of benzene rings is 1. The van der Waals surface area contributed by atoms with Crippen LogP contribution >= 0.6 is 0 Å². The van der Waals surface area contributed by atoms with E-state index in [2.05, 4.69) is 47.5 Å². The standard InChI is InChI=1S/C19H30N4O2S/c1-2-20-19(21-10-13-23-11-6-14-26(23,24)25)22-12-9-18(16-22)15-17-7-4-3-5-8-17/h3-5,7-8,18H,2,6,9-16H2,1H3,(H,20,21). The predicted octanol–water partition coefficient (Wildman–Crippen LogP) is 1.55. The van der Waals surface area contributed by atoms with Gasteiger partial charge in [0, 0.05) is 32.7 Å². The molecule has 2 aliphatic heterocycles. The highest BCUT2D eigenvalue weighted by molar-refractivity contribution is 7.89. The molecule has 1 unspecified atom stereocenters. The molecule has 2 aliphatic rings. The molecule has 3 rings (SSSR count). The van der Waals surface area contributed by atoms with Crippen molar-refractivity contribution in [2.45, 2.75) is 26.2 Å². The summed E-state index contributed by atoms with van der Waals surface area (Å²) in [5, 5.41) is 3.36. The van der Waals surface area contributed by atoms with E-state index in [1.165, 1.54) is 12.0 Å². The van der Waals surface area contributed by atoms with E-state index in [9.17, 15) is 8.42 Å². The molecule has 0 aliphatic carbocycles. The fourth-order valence-electron chi connectivity index (χ4n) is 3.77. The number of hydrogen-bond acceptors (Lipinski definition) is 3. The molecule has 7 heteroatoms. The molecule has 2 saturated heterocycles. The van der Waals surface area contributed by atoms with Crippen LogP contribution in [0.25, 0.3) is 0 Å². The van der Waals surface area contributed by atoms with Crippen LogP contribution in [0.15, 0.2) is 35.3 Å². The maximum Gasteiger partial charge on any atom is 0.214 e. The SMILES string of the molecule is CCNC(=NCCN1CCCS1(=O)=O)N1CCC(Cc2ccccc2)C1. The number of nitrogens with one attached hydrogen (secondary N) is 1. The van der Waals surface area contributed by atoms with Crippen molar-refractivity contribution in [3.63, 3.8) is 0 Å². The van der Waals surface area contributed by atoms with Crippen molar-refractivity contribution >= 4 is 16.0 Å². The van der Waals surface area contributed by atoms with Crippen molar-refractivity contribution in [2.24, 2.45) is 10.9 Å². The van der Waals surface area contributed by atoms with Gasteiger partial charge < -0.3 is 10.2 Å². The molecule has 2 heterocycles. The third-order valence-corrected chi connectivity index (χ3v) is 7.06. The smallest absolute Gasteiger partial charge is 0.214 e. The molecule has 1 atom stereocenters. The molecule has 1 aromatic carbocycles. The molecule has 6 nitrogen and oxygen atoms in total. The van der Waals surface area contributed by atoms with Gasteiger partial charge in [-0.1, -0.05) is 30.3 Å². The van der Waals surface area contributed by atoms with Gasteiger partial charge in [0.05, 0.1) is 12.3 Å². The summed E-state index contributed by atoms with van der Waals surface area (Å²) in [4.78, 5) is 7.01. The van der Waals surface area contributed by atoms with E-state index in [4.69, 9.17) is 4.99 Å². The Labute approximate surface area is 157 Å². The second kappa shape index (κ2) is 8.86. The first-order valence-electron chi connectivity index (χ1n) is 9.63. The van der Waals surface area contributed by atoms with Gasteiger partial charge in [-0.05, 0) is 37.7 Å². The maximum absolute atomic E-state index is 11.9. The lowest BCUT2D eigenvalue weighted by atomic mass is 9.99. The average Bonchev–Trinajstić information content (AvgIpc) is 3.21. The number of nitrogens with zero attached hydrogens (tertiary/aromatic N) is 3. The largest absolute Gasteiger partial charge is 0.357 e. The lowest BCUT2D eigenvalue weighted by Gasteiger charge is -2.22. The van der Waals surface area contributed by atoms with Gasteiger partial charge in [0.2, 0.25) is 10.0 Å². The van der Waals surface area contributed by atoms with E-state index in [1.54, 1.807) is 4.31 Å². The summed E-state index contributed by atoms with van der Waals surface area (Å²) in [6.07, 6.45) is 3.00. The van der Waals surface area contributed by atoms with Gasteiger partial charge in [0.15, 0.2) is 5.96 Å². The first kappa shape index (κ1) is 19.2. The Morgan fingerprint density at radius 2 is 2.08 bits per heavy atom. The lowest BCUT2D eigenvalue weighted by Crippen LogP contribution is -2.40. The van der Waals surface area contributed by atoms with Crippen LogP contribution in [0.4, 0.5) is 0 Å². The van der Waals surface area contributed by atoms with Gasteiger partial charge in [-0.15, -0.1) is 0 Å². The Hall–Kier alpha value is -1.60. The zero-order chi connectivity index (χ0) is 18.4. The fraction of sp³-hybridized carbons (Fsp3) is 0.632. The molecule has 0 spiro atoms. The number of guanidine groups is 1. The van der Waals surface area contributed by atoms with E-state index in [1.807, 2.05) is 0 Å². The second-order valence-corrected chi connectivity index (χ2v) is 9.18. The van der Waals surface area contributed by atoms with Crippen LogP contribution in [0.2, 0.25) is 0 Å². The first-order valence-corrected chi connectivity index (χ1v) is 11.2. The summed E-state index contributed by atoms with van der Waals surface area (Å²) >= 11 is 0. The average molecular weight is 379 g/mol. The fourth-order valence-corrected chi connectivity index (χ4v) is 5.29. The summed E-state index contributed by atoms with van der Waals surface area (Å²) in [5.74, 6) is 1.84. The quantitative estimate of drug-likeness (QED) is 0.603. The van der Waals surface area contributed by atoms with Crippen LogP contribution in [0.1, 0.15) is 25.3 Å². The molecule has 0 aromatic heterocycles. The van der Waals surface area contributed by atoms with Crippen LogP contribution in [0.3, 0.4) is 0 Å². The Morgan fingerprint density at radius 3 is 2.77 bits per heavy atom. The van der Waals surface area contributed by atoms with Crippen LogP contribution < -0.4 is 5.32 Å². The van der Waals surface area contributed by atoms with Crippen molar-refractivity contribution in [2.75, 3.05) is 45.0 Å². The Kier molecular flexibility index (Phi) is 6.53. The van der Waals surface area contributed by atoms with Gasteiger partial charge in [-0.25, -0.2) is 12.7 Å². The molecular formula is C19H30N4O2S. The zero-order valence-electron chi connectivity index (χ0n) is 15.6. The van der Waals surface area contributed by atoms with Crippen LogP contribution in [-0.2, 0) is 16.4 Å². The molecule has 1 N–H and O–H groups in total. The van der Waals surface area contributed by atoms with Crippen molar-refractivity contribution in [3.8, 4) is 0 Å². The van der Waals surface area contributed by atoms with E-state index in [-0.39, 0.29) is 5.75 Å². The molecule has 26 heavy (non-hydrogen) atoms. The number of aliphatic imine (C=N–C) groups is 1. The van der Waals surface area contributed by atoms with Gasteiger partial charge in [-0.3, -0.25) is 4.99 Å². The Balaban J connectivity index is 1.54. The molecule has 0 saturated carbocycles. The summed E-state index contributed by atoms with van der Waals surface area (Å²) < 4.78 is 25.3. The molecule has 0 bridgehead atoms. The second-order valence-electron chi connectivity index (χ2n) is 7.09. The van der Waals surface area contributed by atoms with Crippen molar-refractivity contribution < 1.29 is 8.42 Å². The minimum atomic E-state index is -3.03. The highest BCUT2D eigenvalue weighted by Crippen LogP contribution is 2.21. The zero-order valence-corrected chi connectivity index (χ0v) is 16.4. The van der Waals surface area contributed by atoms with E-state index >= 15 is 0 Å². The van der Waals surface area contributed by atoms with Crippen LogP contribution in [0.5, 0.6) is 0 Å². The third-order valence-electron chi connectivity index (χ3n) is 5.10. The van der Waals surface area contributed by atoms with Crippen molar-refractivity contribution in [1.82, 2.24) is 14.5 Å². The normalized spacial score (nSPS) is 23.5. The maximum atomic E-state index is 11.9. The van der Waals surface area contributed by atoms with Crippen molar-refractivity contribution in [3.05, 3.63) is 35.9 Å². The van der Waals surface area contributed by atoms with E-state index < -0.39 is 10.0 Å². The highest BCUT2D eigenvalue weighted by Gasteiger charge is 2.28. The molecule has 144 valence electrons. The van der Waals surface area contributed by atoms with Gasteiger partial charge in [-0.2, -0.15) is 0 Å². The summed E-state index contributed by atoms with van der Waals surface area (Å²) in [5.41, 5.74) is 1.39. The predicted molar refractivity (Wildman–Crippen MR) is 106 cm³/mol. The Morgan fingerprint density at radius 1 is 1.27 bits per heavy atom. The topological polar surface area (TPSA) is 65.0 Å². The molecule has 0 amide bonds. The summed E-state index contributed by atoms with van der Waals surface area (Å²) in [6, 6.07) is 10.6. The lowest BCUT2D eigenvalue weighted by molar-refractivity contribution is 0.442. The van der Waals surface area contributed by atoms with Crippen molar-refractivity contribution in [1.29, 1.82) is 0 Å². The number of sulfonamides is 1. The number of likely N-dealkylation sites (tertiary alicyclic amines) is 1. The van der Waals surface area contributed by atoms with E-state index in [0.717, 1.165) is 38.4 Å². The molecule has 2 fully saturated rings. The minimum absolute atomic E-state index is 0.282. The van der Waals surface area contributed by atoms with Gasteiger partial charge in [0.25, 0.3) is 0 Å². The third kappa shape index (κ3) is 4.98. The highest BCUT2D eigenvalue weighted by atomic mass is 32.2. The molecule has 1 aromatic rings. The minimum Gasteiger partial charge on any atom is -0.357 e. The van der Waals surface area contributed by atoms with Crippen LogP contribution in [-0.4, -0.2) is 68.6 Å². The first-order chi connectivity index (χ1) is 12.6. The monoisotopic (exact) mass is 378 g/mol. The van der Waals surface area contributed by atoms with E-state index in [0.29, 0.717) is 25.6 Å². The number of hydrogen-bond donors (Lipinski definition) is 1.